The molecule has 0 radical (unpaired) electrons. The van der Waals surface area contributed by atoms with Crippen LogP contribution in [0.2, 0.25) is 0 Å². The lowest BCUT2D eigenvalue weighted by molar-refractivity contribution is -0.133. The molecule has 1 atom stereocenters. The summed E-state index contributed by atoms with van der Waals surface area (Å²) >= 11 is 0. The van der Waals surface area contributed by atoms with E-state index in [1.54, 1.807) is 29.2 Å². The fourth-order valence-electron chi connectivity index (χ4n) is 3.52. The Labute approximate surface area is 177 Å². The van der Waals surface area contributed by atoms with Gasteiger partial charge in [0.2, 0.25) is 21.8 Å². The van der Waals surface area contributed by atoms with Crippen molar-refractivity contribution in [1.29, 1.82) is 0 Å². The van der Waals surface area contributed by atoms with E-state index in [0.717, 1.165) is 11.1 Å². The summed E-state index contributed by atoms with van der Waals surface area (Å²) in [6.07, 6.45) is 0.133. The number of piperazine rings is 1. The van der Waals surface area contributed by atoms with Crippen molar-refractivity contribution in [3.63, 3.8) is 0 Å². The van der Waals surface area contributed by atoms with Gasteiger partial charge in [0.15, 0.2) is 0 Å². The van der Waals surface area contributed by atoms with E-state index in [2.05, 4.69) is 5.32 Å². The van der Waals surface area contributed by atoms with Crippen LogP contribution in [0.4, 0.5) is 0 Å². The first-order chi connectivity index (χ1) is 14.3. The first kappa shape index (κ1) is 22.0. The quantitative estimate of drug-likeness (QED) is 0.762. The van der Waals surface area contributed by atoms with Crippen LogP contribution in [0.5, 0.6) is 0 Å². The van der Waals surface area contributed by atoms with Gasteiger partial charge in [0.25, 0.3) is 0 Å². The van der Waals surface area contributed by atoms with Crippen LogP contribution in [-0.2, 0) is 19.6 Å². The third-order valence-electron chi connectivity index (χ3n) is 5.21. The van der Waals surface area contributed by atoms with Crippen LogP contribution < -0.4 is 5.32 Å². The van der Waals surface area contributed by atoms with Crippen LogP contribution >= 0.6 is 0 Å². The Balaban J connectivity index is 1.63. The summed E-state index contributed by atoms with van der Waals surface area (Å²) in [5, 5.41) is 2.83. The highest BCUT2D eigenvalue weighted by atomic mass is 32.2. The molecule has 2 aromatic rings. The second-order valence-electron chi connectivity index (χ2n) is 7.47. The normalized spacial score (nSPS) is 16.1. The van der Waals surface area contributed by atoms with Gasteiger partial charge in [0, 0.05) is 33.1 Å². The van der Waals surface area contributed by atoms with Gasteiger partial charge < -0.3 is 10.2 Å². The first-order valence-electron chi connectivity index (χ1n) is 9.94. The fraction of sp³-hybridized carbons (Fsp3) is 0.364. The number of rotatable bonds is 6. The van der Waals surface area contributed by atoms with Crippen LogP contribution in [0.1, 0.15) is 30.5 Å². The van der Waals surface area contributed by atoms with Crippen molar-refractivity contribution in [1.82, 2.24) is 14.5 Å². The third-order valence-corrected chi connectivity index (χ3v) is 7.12. The SMILES string of the molecule is CC(=O)N[C@H](CC(=O)N1CCN(S(=O)(=O)c2ccc(C)cc2)CC1)c1ccccc1. The minimum absolute atomic E-state index is 0.106. The number of carbonyl (C=O) groups excluding carboxylic acids is 2. The van der Waals surface area contributed by atoms with E-state index >= 15 is 0 Å². The van der Waals surface area contributed by atoms with Gasteiger partial charge in [-0.25, -0.2) is 8.42 Å². The highest BCUT2D eigenvalue weighted by Crippen LogP contribution is 2.21. The Hall–Kier alpha value is -2.71. The zero-order chi connectivity index (χ0) is 21.7. The molecule has 0 bridgehead atoms. The number of hydrogen-bond donors (Lipinski definition) is 1. The zero-order valence-corrected chi connectivity index (χ0v) is 18.1. The summed E-state index contributed by atoms with van der Waals surface area (Å²) in [7, 11) is -3.57. The largest absolute Gasteiger partial charge is 0.349 e. The van der Waals surface area contributed by atoms with Gasteiger partial charge in [-0.1, -0.05) is 48.0 Å². The molecule has 2 amide bonds. The topological polar surface area (TPSA) is 86.8 Å². The number of carbonyl (C=O) groups is 2. The minimum atomic E-state index is -3.57. The van der Waals surface area contributed by atoms with E-state index in [1.165, 1.54) is 11.2 Å². The van der Waals surface area contributed by atoms with Gasteiger partial charge >= 0.3 is 0 Å². The number of nitrogens with one attached hydrogen (secondary N) is 1. The number of benzene rings is 2. The van der Waals surface area contributed by atoms with E-state index in [1.807, 2.05) is 37.3 Å². The van der Waals surface area contributed by atoms with Gasteiger partial charge in [0.05, 0.1) is 17.4 Å². The lowest BCUT2D eigenvalue weighted by atomic mass is 10.0. The molecule has 3 rings (SSSR count). The summed E-state index contributed by atoms with van der Waals surface area (Å²) < 4.78 is 27.1. The monoisotopic (exact) mass is 429 g/mol. The number of aryl methyl sites for hydroxylation is 1. The number of nitrogens with zero attached hydrogens (tertiary/aromatic N) is 2. The van der Waals surface area contributed by atoms with Crippen molar-refractivity contribution in [2.45, 2.75) is 31.2 Å². The number of hydrogen-bond acceptors (Lipinski definition) is 4. The maximum Gasteiger partial charge on any atom is 0.243 e. The van der Waals surface area contributed by atoms with Crippen LogP contribution in [0.15, 0.2) is 59.5 Å². The summed E-state index contributed by atoms with van der Waals surface area (Å²) in [6, 6.07) is 15.7. The molecule has 2 aromatic carbocycles. The highest BCUT2D eigenvalue weighted by Gasteiger charge is 2.31. The molecule has 160 valence electrons. The smallest absolute Gasteiger partial charge is 0.243 e. The second kappa shape index (κ2) is 9.40. The minimum Gasteiger partial charge on any atom is -0.349 e. The molecule has 0 spiro atoms. The first-order valence-corrected chi connectivity index (χ1v) is 11.4. The van der Waals surface area contributed by atoms with E-state index < -0.39 is 16.1 Å². The van der Waals surface area contributed by atoms with Crippen molar-refractivity contribution >= 4 is 21.8 Å². The number of sulfonamides is 1. The molecular weight excluding hydrogens is 402 g/mol. The molecule has 1 aliphatic heterocycles. The molecule has 1 N–H and O–H groups in total. The number of amides is 2. The summed E-state index contributed by atoms with van der Waals surface area (Å²) in [5.41, 5.74) is 1.86. The maximum absolute atomic E-state index is 12.8. The molecule has 0 aromatic heterocycles. The zero-order valence-electron chi connectivity index (χ0n) is 17.2. The third kappa shape index (κ3) is 5.25. The van der Waals surface area contributed by atoms with E-state index in [4.69, 9.17) is 0 Å². The average Bonchev–Trinajstić information content (AvgIpc) is 2.74. The van der Waals surface area contributed by atoms with Crippen molar-refractivity contribution < 1.29 is 18.0 Å². The standard InChI is InChI=1S/C22H27N3O4S/c1-17-8-10-20(11-9-17)30(28,29)25-14-12-24(13-15-25)22(27)16-21(23-18(2)26)19-6-4-3-5-7-19/h3-11,21H,12-16H2,1-2H3,(H,23,26)/t21-/m1/s1. The molecule has 0 unspecified atom stereocenters. The highest BCUT2D eigenvalue weighted by molar-refractivity contribution is 7.89. The van der Waals surface area contributed by atoms with Crippen LogP contribution in [-0.4, -0.2) is 55.6 Å². The summed E-state index contributed by atoms with van der Waals surface area (Å²) in [6.45, 7) is 4.48. The van der Waals surface area contributed by atoms with Gasteiger partial charge in [-0.3, -0.25) is 9.59 Å². The second-order valence-corrected chi connectivity index (χ2v) is 9.40. The molecule has 0 aliphatic carbocycles. The predicted octanol–water partition coefficient (Wildman–Crippen LogP) is 2.10. The predicted molar refractivity (Wildman–Crippen MR) is 114 cm³/mol. The Kier molecular flexibility index (Phi) is 6.89. The summed E-state index contributed by atoms with van der Waals surface area (Å²) in [5.74, 6) is -0.310. The van der Waals surface area contributed by atoms with E-state index in [9.17, 15) is 18.0 Å². The van der Waals surface area contributed by atoms with Crippen molar-refractivity contribution in [3.8, 4) is 0 Å². The molecule has 30 heavy (non-hydrogen) atoms. The maximum atomic E-state index is 12.8. The van der Waals surface area contributed by atoms with Gasteiger partial charge in [-0.05, 0) is 24.6 Å². The van der Waals surface area contributed by atoms with E-state index in [-0.39, 0.29) is 36.2 Å². The Morgan fingerprint density at radius 3 is 2.13 bits per heavy atom. The molecule has 8 heteroatoms. The average molecular weight is 430 g/mol. The molecule has 1 aliphatic rings. The lowest BCUT2D eigenvalue weighted by Gasteiger charge is -2.34. The lowest BCUT2D eigenvalue weighted by Crippen LogP contribution is -2.51. The Morgan fingerprint density at radius 1 is 0.967 bits per heavy atom. The van der Waals surface area contributed by atoms with Crippen LogP contribution in [0.3, 0.4) is 0 Å². The molecule has 7 nitrogen and oxygen atoms in total. The molecular formula is C22H27N3O4S. The van der Waals surface area contributed by atoms with Gasteiger partial charge in [-0.15, -0.1) is 0 Å². The molecule has 1 heterocycles. The Bertz CT molecular complexity index is 983. The fourth-order valence-corrected chi connectivity index (χ4v) is 4.95. The Morgan fingerprint density at radius 2 is 1.57 bits per heavy atom. The summed E-state index contributed by atoms with van der Waals surface area (Å²) in [4.78, 5) is 26.4. The molecule has 1 fully saturated rings. The van der Waals surface area contributed by atoms with Crippen LogP contribution in [0.25, 0.3) is 0 Å². The molecule has 1 saturated heterocycles. The van der Waals surface area contributed by atoms with Crippen molar-refractivity contribution in [2.24, 2.45) is 0 Å². The van der Waals surface area contributed by atoms with Crippen molar-refractivity contribution in [3.05, 3.63) is 65.7 Å². The van der Waals surface area contributed by atoms with Gasteiger partial charge in [-0.2, -0.15) is 4.31 Å². The van der Waals surface area contributed by atoms with Crippen molar-refractivity contribution in [2.75, 3.05) is 26.2 Å². The molecule has 0 saturated carbocycles. The van der Waals surface area contributed by atoms with Crippen LogP contribution in [0, 0.1) is 6.92 Å². The van der Waals surface area contributed by atoms with Gasteiger partial charge in [0.1, 0.15) is 0 Å². The van der Waals surface area contributed by atoms with E-state index in [0.29, 0.717) is 13.1 Å².